The number of halogens is 1. The van der Waals surface area contributed by atoms with Crippen molar-refractivity contribution in [3.05, 3.63) is 28.8 Å². The molecule has 0 spiro atoms. The number of nitrogens with one attached hydrogen (secondary N) is 2. The summed E-state index contributed by atoms with van der Waals surface area (Å²) >= 11 is 7.81. The van der Waals surface area contributed by atoms with E-state index < -0.39 is 10.0 Å². The minimum atomic E-state index is -3.57. The molecule has 1 aromatic rings. The van der Waals surface area contributed by atoms with Crippen LogP contribution in [0.15, 0.2) is 23.1 Å². The Morgan fingerprint density at radius 1 is 1.38 bits per heavy atom. The highest BCUT2D eigenvalue weighted by Gasteiger charge is 2.37. The van der Waals surface area contributed by atoms with Crippen molar-refractivity contribution < 1.29 is 8.42 Å². The lowest BCUT2D eigenvalue weighted by molar-refractivity contribution is 0.362. The van der Waals surface area contributed by atoms with E-state index >= 15 is 0 Å². The second kappa shape index (κ2) is 6.87. The standard InChI is InChI=1S/C14H21ClN2O2S2/c1-16-9-11-4-5-12(15)13(8-11)21(18,19)17-10-14(20-2)6-3-7-14/h4-5,8,16-17H,3,6-7,9-10H2,1-2H3. The fraction of sp³-hybridized carbons (Fsp3) is 0.571. The van der Waals surface area contributed by atoms with Crippen molar-refractivity contribution >= 4 is 33.4 Å². The first-order valence-electron chi connectivity index (χ1n) is 6.90. The predicted molar refractivity (Wildman–Crippen MR) is 89.5 cm³/mol. The van der Waals surface area contributed by atoms with Crippen LogP contribution >= 0.6 is 23.4 Å². The molecule has 1 aliphatic carbocycles. The molecule has 0 radical (unpaired) electrons. The monoisotopic (exact) mass is 348 g/mol. The molecule has 1 fully saturated rings. The molecule has 1 aromatic carbocycles. The van der Waals surface area contributed by atoms with Gasteiger partial charge in [0.05, 0.1) is 5.02 Å². The van der Waals surface area contributed by atoms with Crippen molar-refractivity contribution in [3.63, 3.8) is 0 Å². The summed E-state index contributed by atoms with van der Waals surface area (Å²) in [5.74, 6) is 0. The Morgan fingerprint density at radius 2 is 2.10 bits per heavy atom. The van der Waals surface area contributed by atoms with Crippen molar-refractivity contribution in [1.82, 2.24) is 10.0 Å². The summed E-state index contributed by atoms with van der Waals surface area (Å²) in [6.07, 6.45) is 5.32. The van der Waals surface area contributed by atoms with Gasteiger partial charge in [-0.2, -0.15) is 11.8 Å². The Morgan fingerprint density at radius 3 is 2.62 bits per heavy atom. The quantitative estimate of drug-likeness (QED) is 0.795. The van der Waals surface area contributed by atoms with E-state index in [0.29, 0.717) is 13.1 Å². The summed E-state index contributed by atoms with van der Waals surface area (Å²) in [5.41, 5.74) is 0.894. The molecule has 2 N–H and O–H groups in total. The average Bonchev–Trinajstić information content (AvgIpc) is 2.40. The molecule has 0 atom stereocenters. The molecule has 0 heterocycles. The highest BCUT2D eigenvalue weighted by molar-refractivity contribution is 8.00. The molecule has 2 rings (SSSR count). The van der Waals surface area contributed by atoms with E-state index in [1.807, 2.05) is 19.4 Å². The number of rotatable bonds is 7. The third kappa shape index (κ3) is 3.93. The van der Waals surface area contributed by atoms with Gasteiger partial charge in [-0.05, 0) is 43.8 Å². The molecule has 118 valence electrons. The first-order chi connectivity index (χ1) is 9.92. The minimum absolute atomic E-state index is 0.0577. The Hall–Kier alpha value is -0.270. The summed E-state index contributed by atoms with van der Waals surface area (Å²) in [6.45, 7) is 1.07. The molecule has 0 saturated heterocycles. The molecular weight excluding hydrogens is 328 g/mol. The SMILES string of the molecule is CNCc1ccc(Cl)c(S(=O)(=O)NCC2(SC)CCC2)c1. The Labute approximate surface area is 136 Å². The van der Waals surface area contributed by atoms with E-state index in [1.54, 1.807) is 23.9 Å². The van der Waals surface area contributed by atoms with E-state index in [0.717, 1.165) is 18.4 Å². The molecule has 0 bridgehead atoms. The second-order valence-corrected chi connectivity index (χ2v) is 8.78. The van der Waals surface area contributed by atoms with Crippen molar-refractivity contribution in [3.8, 4) is 0 Å². The maximum absolute atomic E-state index is 12.5. The summed E-state index contributed by atoms with van der Waals surface area (Å²) in [4.78, 5) is 0.160. The van der Waals surface area contributed by atoms with Crippen LogP contribution in [0.3, 0.4) is 0 Å². The van der Waals surface area contributed by atoms with Gasteiger partial charge in [-0.25, -0.2) is 13.1 Å². The van der Waals surface area contributed by atoms with Gasteiger partial charge in [0.2, 0.25) is 10.0 Å². The maximum Gasteiger partial charge on any atom is 0.242 e. The van der Waals surface area contributed by atoms with E-state index in [-0.39, 0.29) is 14.7 Å². The highest BCUT2D eigenvalue weighted by atomic mass is 35.5. The van der Waals surface area contributed by atoms with Gasteiger partial charge in [0.15, 0.2) is 0 Å². The van der Waals surface area contributed by atoms with Crippen LogP contribution in [0.25, 0.3) is 0 Å². The molecule has 0 amide bonds. The van der Waals surface area contributed by atoms with Crippen molar-refractivity contribution in [2.45, 2.75) is 35.4 Å². The third-order valence-corrected chi connectivity index (χ3v) is 7.25. The number of hydrogen-bond acceptors (Lipinski definition) is 4. The van der Waals surface area contributed by atoms with Gasteiger partial charge < -0.3 is 5.32 Å². The van der Waals surface area contributed by atoms with E-state index in [2.05, 4.69) is 10.0 Å². The van der Waals surface area contributed by atoms with Gasteiger partial charge in [-0.15, -0.1) is 0 Å². The molecule has 0 aliphatic heterocycles. The van der Waals surface area contributed by atoms with Crippen molar-refractivity contribution in [2.75, 3.05) is 19.8 Å². The molecule has 0 unspecified atom stereocenters. The lowest BCUT2D eigenvalue weighted by Crippen LogP contribution is -2.45. The molecule has 1 aliphatic rings. The Kier molecular flexibility index (Phi) is 5.59. The zero-order valence-electron chi connectivity index (χ0n) is 12.3. The largest absolute Gasteiger partial charge is 0.316 e. The predicted octanol–water partition coefficient (Wildman–Crippen LogP) is 2.62. The van der Waals surface area contributed by atoms with Crippen LogP contribution in [-0.4, -0.2) is 33.0 Å². The van der Waals surface area contributed by atoms with Gasteiger partial charge in [0.25, 0.3) is 0 Å². The number of hydrogen-bond donors (Lipinski definition) is 2. The first kappa shape index (κ1) is 17.1. The number of sulfonamides is 1. The minimum Gasteiger partial charge on any atom is -0.316 e. The zero-order valence-corrected chi connectivity index (χ0v) is 14.7. The maximum atomic E-state index is 12.5. The molecule has 0 aromatic heterocycles. The van der Waals surface area contributed by atoms with Crippen LogP contribution in [-0.2, 0) is 16.6 Å². The van der Waals surface area contributed by atoms with Crippen LogP contribution in [0, 0.1) is 0 Å². The number of thioether (sulfide) groups is 1. The van der Waals surface area contributed by atoms with Gasteiger partial charge >= 0.3 is 0 Å². The smallest absolute Gasteiger partial charge is 0.242 e. The van der Waals surface area contributed by atoms with Crippen LogP contribution in [0.2, 0.25) is 5.02 Å². The average molecular weight is 349 g/mol. The van der Waals surface area contributed by atoms with Crippen LogP contribution in [0.1, 0.15) is 24.8 Å². The summed E-state index contributed by atoms with van der Waals surface area (Å²) in [7, 11) is -1.76. The van der Waals surface area contributed by atoms with Gasteiger partial charge in [0, 0.05) is 17.8 Å². The zero-order chi connectivity index (χ0) is 15.5. The van der Waals surface area contributed by atoms with Crippen LogP contribution in [0.5, 0.6) is 0 Å². The van der Waals surface area contributed by atoms with Crippen molar-refractivity contribution in [2.24, 2.45) is 0 Å². The highest BCUT2D eigenvalue weighted by Crippen LogP contribution is 2.42. The lowest BCUT2D eigenvalue weighted by Gasteiger charge is -2.40. The first-order valence-corrected chi connectivity index (χ1v) is 9.99. The fourth-order valence-corrected chi connectivity index (χ4v) is 5.08. The van der Waals surface area contributed by atoms with E-state index in [4.69, 9.17) is 11.6 Å². The molecule has 4 nitrogen and oxygen atoms in total. The number of benzene rings is 1. The Balaban J connectivity index is 2.17. The fourth-order valence-electron chi connectivity index (χ4n) is 2.40. The molecule has 1 saturated carbocycles. The lowest BCUT2D eigenvalue weighted by atomic mass is 9.84. The summed E-state index contributed by atoms with van der Waals surface area (Å²) in [5, 5.41) is 3.26. The second-order valence-electron chi connectivity index (χ2n) is 5.36. The van der Waals surface area contributed by atoms with Crippen LogP contribution in [0.4, 0.5) is 0 Å². The molecule has 21 heavy (non-hydrogen) atoms. The summed E-state index contributed by atoms with van der Waals surface area (Å²) in [6, 6.07) is 5.09. The van der Waals surface area contributed by atoms with E-state index in [1.165, 1.54) is 6.42 Å². The molecule has 7 heteroatoms. The topological polar surface area (TPSA) is 58.2 Å². The Bertz CT molecular complexity index is 595. The third-order valence-electron chi connectivity index (χ3n) is 3.95. The van der Waals surface area contributed by atoms with Crippen LogP contribution < -0.4 is 10.0 Å². The van der Waals surface area contributed by atoms with Crippen molar-refractivity contribution in [1.29, 1.82) is 0 Å². The molecular formula is C14H21ClN2O2S2. The summed E-state index contributed by atoms with van der Waals surface area (Å²) < 4.78 is 27.8. The van der Waals surface area contributed by atoms with E-state index in [9.17, 15) is 8.42 Å². The normalized spacial score (nSPS) is 17.5. The van der Waals surface area contributed by atoms with Gasteiger partial charge in [0.1, 0.15) is 4.90 Å². The van der Waals surface area contributed by atoms with Gasteiger partial charge in [-0.1, -0.05) is 24.1 Å². The van der Waals surface area contributed by atoms with Gasteiger partial charge in [-0.3, -0.25) is 0 Å².